The number of ether oxygens (including phenoxy) is 2. The van der Waals surface area contributed by atoms with Crippen LogP contribution in [0.1, 0.15) is 11.3 Å². The number of carbonyl (C=O) groups excluding carboxylic acids is 1. The Kier molecular flexibility index (Phi) is 3.86. The molecule has 4 nitrogen and oxygen atoms in total. The number of nitrogens with one attached hydrogen (secondary N) is 1. The van der Waals surface area contributed by atoms with Crippen LogP contribution >= 0.6 is 11.3 Å². The van der Waals surface area contributed by atoms with E-state index in [9.17, 15) is 4.79 Å². The molecule has 0 radical (unpaired) electrons. The van der Waals surface area contributed by atoms with Gasteiger partial charge in [0.25, 0.3) is 0 Å². The topological polar surface area (TPSA) is 47.6 Å². The maximum absolute atomic E-state index is 12.1. The molecule has 1 aliphatic carbocycles. The summed E-state index contributed by atoms with van der Waals surface area (Å²) in [6, 6.07) is 4.20. The molecule has 1 saturated carbocycles. The van der Waals surface area contributed by atoms with E-state index in [2.05, 4.69) is 5.32 Å². The fourth-order valence-corrected chi connectivity index (χ4v) is 3.95. The molecule has 4 atom stereocenters. The molecule has 1 N–H and O–H groups in total. The smallest absolute Gasteiger partial charge is 0.225 e. The van der Waals surface area contributed by atoms with Gasteiger partial charge in [-0.25, -0.2) is 0 Å². The molecule has 1 aromatic rings. The first-order valence-corrected chi connectivity index (χ1v) is 7.60. The van der Waals surface area contributed by atoms with Crippen LogP contribution in [-0.2, 0) is 20.7 Å². The van der Waals surface area contributed by atoms with E-state index >= 15 is 0 Å². The van der Waals surface area contributed by atoms with E-state index in [-0.39, 0.29) is 18.1 Å². The molecule has 2 aliphatic rings. The third-order valence-corrected chi connectivity index (χ3v) is 5.01. The Bertz CT molecular complexity index is 434. The summed E-state index contributed by atoms with van der Waals surface area (Å²) < 4.78 is 10.9. The second kappa shape index (κ2) is 5.61. The molecule has 19 heavy (non-hydrogen) atoms. The summed E-state index contributed by atoms with van der Waals surface area (Å²) in [7, 11) is 1.70. The monoisotopic (exact) mass is 281 g/mol. The molecular formula is C14H19NO3S. The predicted molar refractivity (Wildman–Crippen MR) is 73.2 cm³/mol. The van der Waals surface area contributed by atoms with Gasteiger partial charge in [0.2, 0.25) is 5.91 Å². The molecule has 2 heterocycles. The van der Waals surface area contributed by atoms with Crippen molar-refractivity contribution in [2.45, 2.75) is 25.0 Å². The van der Waals surface area contributed by atoms with E-state index in [4.69, 9.17) is 9.47 Å². The van der Waals surface area contributed by atoms with Gasteiger partial charge in [-0.3, -0.25) is 4.79 Å². The van der Waals surface area contributed by atoms with Gasteiger partial charge in [-0.05, 0) is 17.9 Å². The van der Waals surface area contributed by atoms with Gasteiger partial charge in [-0.1, -0.05) is 6.07 Å². The number of hydrogen-bond acceptors (Lipinski definition) is 4. The summed E-state index contributed by atoms with van der Waals surface area (Å²) in [5, 5.41) is 5.17. The van der Waals surface area contributed by atoms with Gasteiger partial charge < -0.3 is 14.8 Å². The first-order valence-electron chi connectivity index (χ1n) is 6.72. The molecule has 3 rings (SSSR count). The normalized spacial score (nSPS) is 32.7. The second-order valence-corrected chi connectivity index (χ2v) is 6.29. The van der Waals surface area contributed by atoms with Gasteiger partial charge in [-0.2, -0.15) is 0 Å². The van der Waals surface area contributed by atoms with Gasteiger partial charge in [-0.15, -0.1) is 11.3 Å². The summed E-state index contributed by atoms with van der Waals surface area (Å²) in [6.07, 6.45) is 1.81. The van der Waals surface area contributed by atoms with Crippen LogP contribution in [0.25, 0.3) is 0 Å². The van der Waals surface area contributed by atoms with Crippen LogP contribution in [0.3, 0.4) is 0 Å². The number of carbonyl (C=O) groups is 1. The highest BCUT2D eigenvalue weighted by molar-refractivity contribution is 7.10. The quantitative estimate of drug-likeness (QED) is 0.889. The molecule has 0 unspecified atom stereocenters. The Morgan fingerprint density at radius 1 is 1.63 bits per heavy atom. The third kappa shape index (κ3) is 2.55. The number of thiophene rings is 1. The molecule has 0 bridgehead atoms. The summed E-state index contributed by atoms with van der Waals surface area (Å²) in [4.78, 5) is 13.2. The van der Waals surface area contributed by atoms with Gasteiger partial charge in [0.05, 0.1) is 19.1 Å². The largest absolute Gasteiger partial charge is 0.384 e. The molecule has 2 fully saturated rings. The van der Waals surface area contributed by atoms with Crippen molar-refractivity contribution in [3.05, 3.63) is 22.4 Å². The highest BCUT2D eigenvalue weighted by Crippen LogP contribution is 2.43. The SMILES string of the molecule is COC[C@@H]1[C@@H](NC(=O)Cc2cccs2)[C@@H]2CCO[C@H]12. The Balaban J connectivity index is 1.57. The Labute approximate surface area is 117 Å². The van der Waals surface area contributed by atoms with Crippen molar-refractivity contribution in [3.8, 4) is 0 Å². The van der Waals surface area contributed by atoms with Crippen LogP contribution in [0, 0.1) is 11.8 Å². The maximum atomic E-state index is 12.1. The standard InChI is InChI=1S/C14H19NO3S/c1-17-8-11-13(10-4-5-18-14(10)11)15-12(16)7-9-3-2-6-19-9/h2-3,6,10-11,13-14H,4-5,7-8H2,1H3,(H,15,16)/t10-,11+,13-,14-/m0/s1. The maximum Gasteiger partial charge on any atom is 0.225 e. The van der Waals surface area contributed by atoms with E-state index in [1.54, 1.807) is 18.4 Å². The lowest BCUT2D eigenvalue weighted by Crippen LogP contribution is -2.62. The zero-order chi connectivity index (χ0) is 13.2. The van der Waals surface area contributed by atoms with Crippen LogP contribution in [0.5, 0.6) is 0 Å². The van der Waals surface area contributed by atoms with E-state index in [0.717, 1.165) is 17.9 Å². The third-order valence-electron chi connectivity index (χ3n) is 4.13. The number of hydrogen-bond donors (Lipinski definition) is 1. The Hall–Kier alpha value is -0.910. The lowest BCUT2D eigenvalue weighted by atomic mass is 9.67. The molecular weight excluding hydrogens is 262 g/mol. The molecule has 1 saturated heterocycles. The van der Waals surface area contributed by atoms with Gasteiger partial charge in [0.15, 0.2) is 0 Å². The Morgan fingerprint density at radius 3 is 3.26 bits per heavy atom. The van der Waals surface area contributed by atoms with Gasteiger partial charge in [0.1, 0.15) is 0 Å². The number of rotatable bonds is 5. The predicted octanol–water partition coefficient (Wildman–Crippen LogP) is 1.46. The highest BCUT2D eigenvalue weighted by atomic mass is 32.1. The summed E-state index contributed by atoms with van der Waals surface area (Å²) in [5.74, 6) is 0.899. The minimum atomic E-state index is 0.110. The first kappa shape index (κ1) is 13.1. The lowest BCUT2D eigenvalue weighted by molar-refractivity contribution is -0.129. The second-order valence-electron chi connectivity index (χ2n) is 5.26. The average Bonchev–Trinajstić information content (AvgIpc) is 3.02. The summed E-state index contributed by atoms with van der Waals surface area (Å²) in [5.41, 5.74) is 0. The van der Waals surface area contributed by atoms with Crippen molar-refractivity contribution in [2.75, 3.05) is 20.3 Å². The zero-order valence-corrected chi connectivity index (χ0v) is 11.8. The minimum Gasteiger partial charge on any atom is -0.384 e. The lowest BCUT2D eigenvalue weighted by Gasteiger charge is -2.47. The van der Waals surface area contributed by atoms with E-state index < -0.39 is 0 Å². The van der Waals surface area contributed by atoms with E-state index in [1.165, 1.54) is 0 Å². The van der Waals surface area contributed by atoms with Crippen LogP contribution in [0.15, 0.2) is 17.5 Å². The zero-order valence-electron chi connectivity index (χ0n) is 11.0. The van der Waals surface area contributed by atoms with Crippen molar-refractivity contribution >= 4 is 17.2 Å². The van der Waals surface area contributed by atoms with Crippen LogP contribution < -0.4 is 5.32 Å². The molecule has 0 aromatic carbocycles. The minimum absolute atomic E-state index is 0.110. The van der Waals surface area contributed by atoms with Crippen molar-refractivity contribution in [1.29, 1.82) is 0 Å². The van der Waals surface area contributed by atoms with Crippen molar-refractivity contribution in [2.24, 2.45) is 11.8 Å². The fraction of sp³-hybridized carbons (Fsp3) is 0.643. The van der Waals surface area contributed by atoms with E-state index in [0.29, 0.717) is 24.9 Å². The molecule has 104 valence electrons. The average molecular weight is 281 g/mol. The van der Waals surface area contributed by atoms with Crippen LogP contribution in [0.4, 0.5) is 0 Å². The molecule has 1 amide bonds. The van der Waals surface area contributed by atoms with Crippen LogP contribution in [0.2, 0.25) is 0 Å². The summed E-state index contributed by atoms with van der Waals surface area (Å²) in [6.45, 7) is 1.47. The van der Waals surface area contributed by atoms with Gasteiger partial charge in [0, 0.05) is 36.5 Å². The first-order chi connectivity index (χ1) is 9.29. The fourth-order valence-electron chi connectivity index (χ4n) is 3.24. The van der Waals surface area contributed by atoms with Crippen molar-refractivity contribution in [1.82, 2.24) is 5.32 Å². The Morgan fingerprint density at radius 2 is 2.53 bits per heavy atom. The number of methoxy groups -OCH3 is 1. The molecule has 1 aliphatic heterocycles. The number of fused-ring (bicyclic) bond motifs is 1. The van der Waals surface area contributed by atoms with Gasteiger partial charge >= 0.3 is 0 Å². The summed E-state index contributed by atoms with van der Waals surface area (Å²) >= 11 is 1.62. The molecule has 5 heteroatoms. The van der Waals surface area contributed by atoms with E-state index in [1.807, 2.05) is 17.5 Å². The highest BCUT2D eigenvalue weighted by Gasteiger charge is 2.54. The van der Waals surface area contributed by atoms with Crippen molar-refractivity contribution < 1.29 is 14.3 Å². The molecule has 1 aromatic heterocycles. The van der Waals surface area contributed by atoms with Crippen molar-refractivity contribution in [3.63, 3.8) is 0 Å². The van der Waals surface area contributed by atoms with Crippen LogP contribution in [-0.4, -0.2) is 38.4 Å². The molecule has 0 spiro atoms. The number of amides is 1.